The second-order valence-corrected chi connectivity index (χ2v) is 10.8. The lowest BCUT2D eigenvalue weighted by Crippen LogP contribution is -2.28. The molecule has 0 unspecified atom stereocenters. The minimum Gasteiger partial charge on any atom is -0.512 e. The highest BCUT2D eigenvalue weighted by molar-refractivity contribution is 5.77. The van der Waals surface area contributed by atoms with E-state index in [1.54, 1.807) is 33.4 Å². The molecule has 0 fully saturated rings. The topological polar surface area (TPSA) is 67.1 Å². The van der Waals surface area contributed by atoms with Gasteiger partial charge in [-0.05, 0) is 46.9 Å². The Morgan fingerprint density at radius 1 is 0.750 bits per heavy atom. The molecule has 0 aliphatic carbocycles. The quantitative estimate of drug-likeness (QED) is 0.192. The average Bonchev–Trinajstić information content (AvgIpc) is 3.61. The lowest BCUT2D eigenvalue weighted by atomic mass is 9.85. The van der Waals surface area contributed by atoms with E-state index in [9.17, 15) is 10.2 Å². The lowest BCUT2D eigenvalue weighted by Gasteiger charge is -2.22. The molecule has 6 rings (SSSR count). The van der Waals surface area contributed by atoms with Gasteiger partial charge in [-0.3, -0.25) is 4.57 Å². The summed E-state index contributed by atoms with van der Waals surface area (Å²) in [5, 5.41) is 21.2. The second kappa shape index (κ2) is 9.89. The van der Waals surface area contributed by atoms with Crippen molar-refractivity contribution in [1.82, 2.24) is 14.1 Å². The van der Waals surface area contributed by atoms with Crippen molar-refractivity contribution in [2.75, 3.05) is 0 Å². The van der Waals surface area contributed by atoms with Gasteiger partial charge >= 0.3 is 0 Å². The Morgan fingerprint density at radius 3 is 2.17 bits per heavy atom. The van der Waals surface area contributed by atoms with Gasteiger partial charge in [0.1, 0.15) is 11.5 Å². The number of aromatic nitrogens is 4. The third kappa shape index (κ3) is 4.64. The highest BCUT2D eigenvalue weighted by Gasteiger charge is 2.23. The molecule has 0 spiro atoms. The van der Waals surface area contributed by atoms with Crippen molar-refractivity contribution in [3.8, 4) is 51.2 Å². The summed E-state index contributed by atoms with van der Waals surface area (Å²) in [5.41, 5.74) is 5.53. The predicted octanol–water partition coefficient (Wildman–Crippen LogP) is 6.78. The molecule has 0 aliphatic rings. The summed E-state index contributed by atoms with van der Waals surface area (Å²) in [4.78, 5) is 4.98. The van der Waals surface area contributed by atoms with Gasteiger partial charge in [0.25, 0.3) is 0 Å². The zero-order valence-corrected chi connectivity index (χ0v) is 22.7. The number of para-hydroxylation sites is 3. The third-order valence-electron chi connectivity index (χ3n) is 7.01. The fourth-order valence-electron chi connectivity index (χ4n) is 4.83. The molecule has 2 heterocycles. The number of aromatic hydroxyl groups is 2. The van der Waals surface area contributed by atoms with Crippen molar-refractivity contribution in [2.45, 2.75) is 26.2 Å². The van der Waals surface area contributed by atoms with Crippen LogP contribution in [0.15, 0.2) is 116 Å². The zero-order valence-electron chi connectivity index (χ0n) is 22.7. The van der Waals surface area contributed by atoms with Gasteiger partial charge in [-0.25, -0.2) is 0 Å². The van der Waals surface area contributed by atoms with Crippen LogP contribution in [0.1, 0.15) is 26.3 Å². The largest absolute Gasteiger partial charge is 0.512 e. The first kappa shape index (κ1) is 25.2. The van der Waals surface area contributed by atoms with Crippen LogP contribution in [0.4, 0.5) is 0 Å². The summed E-state index contributed by atoms with van der Waals surface area (Å²) in [6.07, 6.45) is 8.87. The van der Waals surface area contributed by atoms with Gasteiger partial charge in [0.05, 0.1) is 23.1 Å². The fraction of sp³-hybridized carbons (Fsp3) is 0.118. The van der Waals surface area contributed by atoms with Crippen LogP contribution < -0.4 is 4.57 Å². The van der Waals surface area contributed by atoms with E-state index in [1.807, 2.05) is 65.6 Å². The average molecular weight is 527 g/mol. The maximum absolute atomic E-state index is 10.8. The van der Waals surface area contributed by atoms with Gasteiger partial charge in [-0.2, -0.15) is 0 Å². The van der Waals surface area contributed by atoms with E-state index in [1.165, 1.54) is 5.56 Å². The molecule has 0 aliphatic heterocycles. The van der Waals surface area contributed by atoms with Gasteiger partial charge in [0, 0.05) is 18.0 Å². The van der Waals surface area contributed by atoms with Crippen molar-refractivity contribution >= 4 is 0 Å². The third-order valence-corrected chi connectivity index (χ3v) is 7.01. The SMILES string of the molecule is CC(C)(C)c1ccc(-n2cc(-[n+]3[c-]n(-c4ccccc4O)cc3)nc2-c2ccccc2O)c(-c2ccccc2)c1. The second-order valence-electron chi connectivity index (χ2n) is 10.8. The summed E-state index contributed by atoms with van der Waals surface area (Å²) in [6, 6.07) is 31.2. The maximum Gasteiger partial charge on any atom is 0.221 e. The predicted molar refractivity (Wildman–Crippen MR) is 156 cm³/mol. The van der Waals surface area contributed by atoms with E-state index in [2.05, 4.69) is 57.4 Å². The summed E-state index contributed by atoms with van der Waals surface area (Å²) >= 11 is 0. The maximum atomic E-state index is 10.8. The monoisotopic (exact) mass is 526 g/mol. The number of rotatable bonds is 5. The molecule has 0 saturated carbocycles. The molecule has 2 aromatic heterocycles. The van der Waals surface area contributed by atoms with Gasteiger partial charge in [-0.1, -0.05) is 87.5 Å². The summed E-state index contributed by atoms with van der Waals surface area (Å²) in [7, 11) is 0. The van der Waals surface area contributed by atoms with Gasteiger partial charge < -0.3 is 19.3 Å². The molecule has 0 radical (unpaired) electrons. The minimum atomic E-state index is -0.0284. The molecule has 0 atom stereocenters. The number of phenolic OH excluding ortho intramolecular Hbond substituents is 2. The van der Waals surface area contributed by atoms with Gasteiger partial charge in [0.15, 0.2) is 6.33 Å². The first-order valence-corrected chi connectivity index (χ1v) is 13.2. The molecule has 0 bridgehead atoms. The number of hydrogen-bond acceptors (Lipinski definition) is 3. The Kier molecular flexibility index (Phi) is 6.23. The lowest BCUT2D eigenvalue weighted by molar-refractivity contribution is -0.603. The Bertz CT molecular complexity index is 1810. The number of hydrogen-bond donors (Lipinski definition) is 2. The molecule has 2 N–H and O–H groups in total. The molecule has 6 nitrogen and oxygen atoms in total. The standard InChI is InChI=1S/C34H30N4O2/c1-34(2,3)25-17-18-28(27(21-25)24-11-5-4-6-12-24)38-22-32(35-33(38)26-13-7-9-15-30(26)39)37-20-19-36(23-37)29-14-8-10-16-31(29)40/h4-22,39-40H,1-3H3. The van der Waals surface area contributed by atoms with Crippen LogP contribution in [0.2, 0.25) is 0 Å². The Hall–Kier alpha value is -5.10. The molecule has 6 heteroatoms. The highest BCUT2D eigenvalue weighted by Crippen LogP contribution is 2.36. The van der Waals surface area contributed by atoms with Gasteiger partial charge in [0.2, 0.25) is 11.6 Å². The van der Waals surface area contributed by atoms with Crippen LogP contribution in [0.5, 0.6) is 11.5 Å². The summed E-state index contributed by atoms with van der Waals surface area (Å²) < 4.78 is 5.52. The molecule has 6 aromatic rings. The van der Waals surface area contributed by atoms with Crippen molar-refractivity contribution in [3.05, 3.63) is 128 Å². The molecule has 4 aromatic carbocycles. The van der Waals surface area contributed by atoms with E-state index >= 15 is 0 Å². The van der Waals surface area contributed by atoms with Crippen molar-refractivity contribution in [3.63, 3.8) is 0 Å². The van der Waals surface area contributed by atoms with Crippen LogP contribution in [0.25, 0.3) is 39.7 Å². The Morgan fingerprint density at radius 2 is 1.45 bits per heavy atom. The van der Waals surface area contributed by atoms with Crippen LogP contribution in [-0.2, 0) is 5.41 Å². The van der Waals surface area contributed by atoms with E-state index in [-0.39, 0.29) is 16.9 Å². The van der Waals surface area contributed by atoms with Crippen molar-refractivity contribution in [1.29, 1.82) is 0 Å². The number of phenols is 2. The first-order chi connectivity index (χ1) is 19.3. The minimum absolute atomic E-state index is 0.0284. The Balaban J connectivity index is 1.57. The van der Waals surface area contributed by atoms with Crippen molar-refractivity contribution in [2.24, 2.45) is 0 Å². The zero-order chi connectivity index (χ0) is 27.9. The molecular formula is C34H30N4O2. The van der Waals surface area contributed by atoms with Crippen LogP contribution in [-0.4, -0.2) is 24.3 Å². The van der Waals surface area contributed by atoms with E-state index in [0.29, 0.717) is 22.9 Å². The molecule has 0 amide bonds. The summed E-state index contributed by atoms with van der Waals surface area (Å²) in [5.74, 6) is 1.53. The number of nitrogens with zero attached hydrogens (tertiary/aromatic N) is 4. The normalized spacial score (nSPS) is 11.6. The van der Waals surface area contributed by atoms with E-state index in [0.717, 1.165) is 16.8 Å². The molecule has 0 saturated heterocycles. The smallest absolute Gasteiger partial charge is 0.221 e. The fourth-order valence-corrected chi connectivity index (χ4v) is 4.83. The highest BCUT2D eigenvalue weighted by atomic mass is 16.3. The van der Waals surface area contributed by atoms with Crippen LogP contribution >= 0.6 is 0 Å². The summed E-state index contributed by atoms with van der Waals surface area (Å²) in [6.45, 7) is 6.63. The number of imidazole rings is 2. The Labute approximate surface area is 233 Å². The molecular weight excluding hydrogens is 496 g/mol. The van der Waals surface area contributed by atoms with Crippen LogP contribution in [0, 0.1) is 6.33 Å². The van der Waals surface area contributed by atoms with Crippen LogP contribution in [0.3, 0.4) is 0 Å². The number of benzene rings is 4. The first-order valence-electron chi connectivity index (χ1n) is 13.2. The molecule has 198 valence electrons. The van der Waals surface area contributed by atoms with Crippen molar-refractivity contribution < 1.29 is 14.8 Å². The molecule has 40 heavy (non-hydrogen) atoms. The van der Waals surface area contributed by atoms with E-state index in [4.69, 9.17) is 4.98 Å². The van der Waals surface area contributed by atoms with Gasteiger partial charge in [-0.15, -0.1) is 4.98 Å². The van der Waals surface area contributed by atoms with E-state index < -0.39 is 0 Å².